The number of thioether (sulfide) groups is 1. The van der Waals surface area contributed by atoms with Crippen molar-refractivity contribution in [2.24, 2.45) is 0 Å². The van der Waals surface area contributed by atoms with Crippen molar-refractivity contribution < 1.29 is 14.3 Å². The molecule has 0 aliphatic carbocycles. The Labute approximate surface area is 169 Å². The second-order valence-corrected chi connectivity index (χ2v) is 7.71. The summed E-state index contributed by atoms with van der Waals surface area (Å²) in [5.74, 6) is 1.08. The van der Waals surface area contributed by atoms with Crippen LogP contribution in [0.15, 0.2) is 65.3 Å². The van der Waals surface area contributed by atoms with Gasteiger partial charge in [-0.1, -0.05) is 49.4 Å². The number of rotatable bonds is 6. The molecular weight excluding hydrogens is 372 g/mol. The van der Waals surface area contributed by atoms with Crippen molar-refractivity contribution in [3.05, 3.63) is 76.4 Å². The van der Waals surface area contributed by atoms with E-state index in [-0.39, 0.29) is 17.7 Å². The van der Waals surface area contributed by atoms with Crippen LogP contribution >= 0.6 is 11.8 Å². The number of para-hydroxylation sites is 1. The molecule has 0 fully saturated rings. The molecule has 3 rings (SSSR count). The Morgan fingerprint density at radius 1 is 1.07 bits per heavy atom. The molecule has 1 atom stereocenters. The van der Waals surface area contributed by atoms with Gasteiger partial charge in [-0.3, -0.25) is 9.59 Å². The molecule has 1 aliphatic rings. The van der Waals surface area contributed by atoms with E-state index >= 15 is 0 Å². The lowest BCUT2D eigenvalue weighted by atomic mass is 10.0. The highest BCUT2D eigenvalue weighted by atomic mass is 32.2. The van der Waals surface area contributed by atoms with Crippen molar-refractivity contribution in [2.45, 2.75) is 19.8 Å². The number of ether oxygens (including phenoxy) is 1. The topological polar surface area (TPSA) is 67.4 Å². The van der Waals surface area contributed by atoms with Crippen LogP contribution in [0.1, 0.15) is 35.7 Å². The van der Waals surface area contributed by atoms with Crippen LogP contribution in [0.2, 0.25) is 0 Å². The molecule has 146 valence electrons. The van der Waals surface area contributed by atoms with Crippen LogP contribution in [0.25, 0.3) is 0 Å². The third-order valence-electron chi connectivity index (χ3n) is 4.53. The molecule has 1 aliphatic heterocycles. The molecule has 28 heavy (non-hydrogen) atoms. The van der Waals surface area contributed by atoms with Gasteiger partial charge in [-0.25, -0.2) is 0 Å². The van der Waals surface area contributed by atoms with Gasteiger partial charge < -0.3 is 15.4 Å². The minimum Gasteiger partial charge on any atom is -0.496 e. The number of carbonyl (C=O) groups is 2. The Morgan fingerprint density at radius 3 is 2.54 bits per heavy atom. The highest BCUT2D eigenvalue weighted by Crippen LogP contribution is 2.27. The molecular formula is C22H24N2O3S. The minimum atomic E-state index is -0.250. The fourth-order valence-electron chi connectivity index (χ4n) is 2.94. The molecule has 2 amide bonds. The summed E-state index contributed by atoms with van der Waals surface area (Å²) in [6.45, 7) is 4.97. The summed E-state index contributed by atoms with van der Waals surface area (Å²) in [7, 11) is 0. The number of hydrogen-bond donors (Lipinski definition) is 2. The maximum Gasteiger partial charge on any atom is 0.265 e. The number of anilines is 1. The Kier molecular flexibility index (Phi) is 6.76. The van der Waals surface area contributed by atoms with Crippen molar-refractivity contribution in [3.8, 4) is 0 Å². The molecule has 0 radical (unpaired) electrons. The van der Waals surface area contributed by atoms with Crippen LogP contribution in [0.4, 0.5) is 5.69 Å². The van der Waals surface area contributed by atoms with Crippen molar-refractivity contribution >= 4 is 29.3 Å². The molecule has 0 bridgehead atoms. The largest absolute Gasteiger partial charge is 0.496 e. The average Bonchev–Trinajstić information content (AvgIpc) is 2.73. The predicted octanol–water partition coefficient (Wildman–Crippen LogP) is 4.15. The summed E-state index contributed by atoms with van der Waals surface area (Å²) >= 11 is 1.47. The van der Waals surface area contributed by atoms with Crippen LogP contribution in [0.5, 0.6) is 0 Å². The van der Waals surface area contributed by atoms with Crippen LogP contribution < -0.4 is 10.6 Å². The van der Waals surface area contributed by atoms with E-state index in [1.807, 2.05) is 30.3 Å². The Bertz CT molecular complexity index is 880. The van der Waals surface area contributed by atoms with Crippen LogP contribution in [-0.4, -0.2) is 30.7 Å². The van der Waals surface area contributed by atoms with Crippen LogP contribution in [0.3, 0.4) is 0 Å². The van der Waals surface area contributed by atoms with E-state index in [1.54, 1.807) is 31.2 Å². The van der Waals surface area contributed by atoms with Crippen LogP contribution in [-0.2, 0) is 9.53 Å². The van der Waals surface area contributed by atoms with E-state index in [0.717, 1.165) is 5.75 Å². The SMILES string of the molecule is CC1=C(C(=O)Nc2ccccc2C(=O)NC[C@H](C)c2ccccc2)SCCO1. The fourth-order valence-corrected chi connectivity index (χ4v) is 3.76. The summed E-state index contributed by atoms with van der Waals surface area (Å²) in [5, 5.41) is 5.82. The number of amides is 2. The molecule has 2 aromatic rings. The molecule has 0 spiro atoms. The quantitative estimate of drug-likeness (QED) is 0.770. The standard InChI is InChI=1S/C22H24N2O3S/c1-15(17-8-4-3-5-9-17)14-23-21(25)18-10-6-7-11-19(18)24-22(26)20-16(2)27-12-13-28-20/h3-11,15H,12-14H2,1-2H3,(H,23,25)(H,24,26)/t15-/m0/s1. The van der Waals surface area contributed by atoms with E-state index < -0.39 is 0 Å². The van der Waals surface area contributed by atoms with Gasteiger partial charge >= 0.3 is 0 Å². The van der Waals surface area contributed by atoms with E-state index in [0.29, 0.717) is 35.1 Å². The first-order valence-corrected chi connectivity index (χ1v) is 10.2. The Morgan fingerprint density at radius 2 is 1.79 bits per heavy atom. The van der Waals surface area contributed by atoms with Gasteiger partial charge in [-0.2, -0.15) is 0 Å². The van der Waals surface area contributed by atoms with E-state index in [9.17, 15) is 9.59 Å². The van der Waals surface area contributed by atoms with Gasteiger partial charge in [0.25, 0.3) is 11.8 Å². The number of benzene rings is 2. The lowest BCUT2D eigenvalue weighted by Crippen LogP contribution is -2.29. The van der Waals surface area contributed by atoms with Crippen molar-refractivity contribution in [1.29, 1.82) is 0 Å². The van der Waals surface area contributed by atoms with Gasteiger partial charge in [0.1, 0.15) is 10.7 Å². The van der Waals surface area contributed by atoms with Gasteiger partial charge in [0.15, 0.2) is 0 Å². The van der Waals surface area contributed by atoms with Crippen molar-refractivity contribution in [2.75, 3.05) is 24.2 Å². The number of allylic oxidation sites excluding steroid dienone is 1. The van der Waals surface area contributed by atoms with Crippen LogP contribution in [0, 0.1) is 0 Å². The van der Waals surface area contributed by atoms with Gasteiger partial charge in [-0.05, 0) is 30.5 Å². The zero-order valence-electron chi connectivity index (χ0n) is 16.0. The maximum absolute atomic E-state index is 12.7. The normalized spacial score (nSPS) is 14.8. The van der Waals surface area contributed by atoms with E-state index in [4.69, 9.17) is 4.74 Å². The molecule has 2 N–H and O–H groups in total. The molecule has 2 aromatic carbocycles. The Balaban J connectivity index is 1.67. The molecule has 5 nitrogen and oxygen atoms in total. The van der Waals surface area contributed by atoms with E-state index in [2.05, 4.69) is 17.6 Å². The predicted molar refractivity (Wildman–Crippen MR) is 113 cm³/mol. The summed E-state index contributed by atoms with van der Waals surface area (Å²) in [5.41, 5.74) is 2.10. The first-order valence-electron chi connectivity index (χ1n) is 9.26. The summed E-state index contributed by atoms with van der Waals surface area (Å²) in [6.07, 6.45) is 0. The monoisotopic (exact) mass is 396 g/mol. The number of nitrogens with one attached hydrogen (secondary N) is 2. The Hall–Kier alpha value is -2.73. The molecule has 0 saturated heterocycles. The van der Waals surface area contributed by atoms with Crippen molar-refractivity contribution in [1.82, 2.24) is 5.32 Å². The number of hydrogen-bond acceptors (Lipinski definition) is 4. The molecule has 1 heterocycles. The average molecular weight is 397 g/mol. The second kappa shape index (κ2) is 9.46. The lowest BCUT2D eigenvalue weighted by molar-refractivity contribution is -0.112. The first kappa shape index (κ1) is 20.0. The highest BCUT2D eigenvalue weighted by molar-refractivity contribution is 8.04. The van der Waals surface area contributed by atoms with Crippen molar-refractivity contribution in [3.63, 3.8) is 0 Å². The molecule has 6 heteroatoms. The third kappa shape index (κ3) is 4.95. The second-order valence-electron chi connectivity index (χ2n) is 6.60. The molecule has 0 unspecified atom stereocenters. The first-order chi connectivity index (χ1) is 13.6. The number of carbonyl (C=O) groups excluding carboxylic acids is 2. The van der Waals surface area contributed by atoms with Gasteiger partial charge in [0, 0.05) is 12.3 Å². The maximum atomic E-state index is 12.7. The smallest absolute Gasteiger partial charge is 0.265 e. The molecule has 0 aromatic heterocycles. The zero-order valence-corrected chi connectivity index (χ0v) is 16.8. The minimum absolute atomic E-state index is 0.190. The van der Waals surface area contributed by atoms with E-state index in [1.165, 1.54) is 17.3 Å². The fraction of sp³-hybridized carbons (Fsp3) is 0.273. The summed E-state index contributed by atoms with van der Waals surface area (Å²) in [4.78, 5) is 25.9. The van der Waals surface area contributed by atoms with Gasteiger partial charge in [0.05, 0.1) is 17.9 Å². The third-order valence-corrected chi connectivity index (χ3v) is 5.66. The highest BCUT2D eigenvalue weighted by Gasteiger charge is 2.21. The lowest BCUT2D eigenvalue weighted by Gasteiger charge is -2.19. The zero-order chi connectivity index (χ0) is 19.9. The van der Waals surface area contributed by atoms with Gasteiger partial charge in [-0.15, -0.1) is 11.8 Å². The summed E-state index contributed by atoms with van der Waals surface area (Å²) in [6, 6.07) is 17.1. The molecule has 0 saturated carbocycles. The summed E-state index contributed by atoms with van der Waals surface area (Å²) < 4.78 is 5.45. The van der Waals surface area contributed by atoms with Gasteiger partial charge in [0.2, 0.25) is 0 Å².